The van der Waals surface area contributed by atoms with E-state index >= 15 is 0 Å². The largest absolute Gasteiger partial charge is 0.383 e. The Labute approximate surface area is 166 Å². The molecule has 0 saturated heterocycles. The fourth-order valence-corrected chi connectivity index (χ4v) is 4.63. The van der Waals surface area contributed by atoms with Crippen LogP contribution in [0.1, 0.15) is 29.4 Å². The molecule has 0 fully saturated rings. The predicted molar refractivity (Wildman–Crippen MR) is 119 cm³/mol. The van der Waals surface area contributed by atoms with Gasteiger partial charge in [0.1, 0.15) is 0 Å². The first kappa shape index (κ1) is 18.6. The topological polar surface area (TPSA) is 19.1 Å². The van der Waals surface area contributed by atoms with E-state index in [1.54, 1.807) is 7.11 Å². The maximum atomic E-state index is 5.35. The first-order chi connectivity index (χ1) is 13.6. The van der Waals surface area contributed by atoms with Gasteiger partial charge in [0.15, 0.2) is 0 Å². The third-order valence-corrected chi connectivity index (χ3v) is 5.90. The Bertz CT molecular complexity index is 1180. The molecule has 0 aliphatic carbocycles. The second-order valence-electron chi connectivity index (χ2n) is 7.32. The number of ether oxygens (including phenoxy) is 1. The van der Waals surface area contributed by atoms with Crippen molar-refractivity contribution in [2.75, 3.05) is 13.7 Å². The summed E-state index contributed by atoms with van der Waals surface area (Å²) in [5.41, 5.74) is 8.65. The maximum absolute atomic E-state index is 5.35. The average Bonchev–Trinajstić information content (AvgIpc) is 3.15. The van der Waals surface area contributed by atoms with Crippen LogP contribution in [-0.2, 0) is 17.8 Å². The van der Waals surface area contributed by atoms with Crippen LogP contribution in [0.25, 0.3) is 27.4 Å². The molecule has 0 amide bonds. The van der Waals surface area contributed by atoms with Crippen LogP contribution in [0, 0.1) is 13.8 Å². The van der Waals surface area contributed by atoms with Gasteiger partial charge in [0.2, 0.25) is 0 Å². The Hall–Kier alpha value is -2.78. The van der Waals surface area contributed by atoms with Crippen molar-refractivity contribution < 1.29 is 4.74 Å². The number of hydrogen-bond acceptors (Lipinski definition) is 1. The van der Waals surface area contributed by atoms with Crippen LogP contribution in [0.4, 0.5) is 0 Å². The number of hydrogen-bond donors (Lipinski definition) is 0. The molecule has 0 aliphatic heterocycles. The monoisotopic (exact) mass is 372 g/mol. The first-order valence-electron chi connectivity index (χ1n) is 9.94. The number of nitrogens with zero attached hydrogens (tertiary/aromatic N) is 2. The SMILES string of the molecule is C=C(c1c(C)n(CC)c2ccccc12)c1c(C)n(CCOC)c2ccccc12. The fourth-order valence-electron chi connectivity index (χ4n) is 4.63. The molecule has 4 rings (SSSR count). The lowest BCUT2D eigenvalue weighted by Crippen LogP contribution is -2.06. The van der Waals surface area contributed by atoms with Gasteiger partial charge in [-0.25, -0.2) is 0 Å². The standard InChI is InChI=1S/C25H28N2O/c1-6-26-18(3)24(20-11-7-9-13-22(20)26)17(2)25-19(4)27(15-16-28-5)23-14-10-8-12-21(23)25/h7-14H,2,6,15-16H2,1,3-5H3. The summed E-state index contributed by atoms with van der Waals surface area (Å²) in [5.74, 6) is 0. The van der Waals surface area contributed by atoms with Crippen molar-refractivity contribution in [3.05, 3.63) is 77.6 Å². The molecular formula is C25H28N2O. The minimum Gasteiger partial charge on any atom is -0.383 e. The summed E-state index contributed by atoms with van der Waals surface area (Å²) in [6, 6.07) is 17.3. The van der Waals surface area contributed by atoms with Crippen LogP contribution < -0.4 is 0 Å². The van der Waals surface area contributed by atoms with E-state index in [9.17, 15) is 0 Å². The molecule has 0 N–H and O–H groups in total. The van der Waals surface area contributed by atoms with Crippen molar-refractivity contribution in [1.82, 2.24) is 9.13 Å². The molecule has 0 unspecified atom stereocenters. The van der Waals surface area contributed by atoms with E-state index < -0.39 is 0 Å². The summed E-state index contributed by atoms with van der Waals surface area (Å²) in [6.07, 6.45) is 0. The van der Waals surface area contributed by atoms with E-state index in [2.05, 4.69) is 85.0 Å². The van der Waals surface area contributed by atoms with Crippen LogP contribution in [0.3, 0.4) is 0 Å². The van der Waals surface area contributed by atoms with E-state index in [4.69, 9.17) is 4.74 Å². The van der Waals surface area contributed by atoms with Gasteiger partial charge in [-0.3, -0.25) is 0 Å². The Morgan fingerprint density at radius 1 is 0.857 bits per heavy atom. The number of methoxy groups -OCH3 is 1. The van der Waals surface area contributed by atoms with E-state index in [1.807, 2.05) is 0 Å². The number of rotatable bonds is 6. The van der Waals surface area contributed by atoms with E-state index in [0.717, 1.165) is 18.7 Å². The zero-order valence-electron chi connectivity index (χ0n) is 17.2. The maximum Gasteiger partial charge on any atom is 0.0642 e. The Balaban J connectivity index is 1.98. The molecule has 0 atom stereocenters. The van der Waals surface area contributed by atoms with Gasteiger partial charge in [-0.05, 0) is 38.5 Å². The minimum absolute atomic E-state index is 0.694. The summed E-state index contributed by atoms with van der Waals surface area (Å²) < 4.78 is 10.1. The van der Waals surface area contributed by atoms with Gasteiger partial charge in [-0.2, -0.15) is 0 Å². The van der Waals surface area contributed by atoms with Crippen molar-refractivity contribution in [1.29, 1.82) is 0 Å². The lowest BCUT2D eigenvalue weighted by atomic mass is 9.95. The second kappa shape index (κ2) is 7.33. The van der Waals surface area contributed by atoms with Crippen molar-refractivity contribution in [2.24, 2.45) is 0 Å². The van der Waals surface area contributed by atoms with Gasteiger partial charge in [-0.1, -0.05) is 43.0 Å². The van der Waals surface area contributed by atoms with Crippen LogP contribution >= 0.6 is 0 Å². The third-order valence-electron chi connectivity index (χ3n) is 5.90. The summed E-state index contributed by atoms with van der Waals surface area (Å²) in [7, 11) is 1.75. The van der Waals surface area contributed by atoms with Crippen LogP contribution in [-0.4, -0.2) is 22.9 Å². The predicted octanol–water partition coefficient (Wildman–Crippen LogP) is 5.94. The molecule has 0 aliphatic rings. The van der Waals surface area contributed by atoms with Crippen molar-refractivity contribution >= 4 is 27.4 Å². The molecule has 0 bridgehead atoms. The second-order valence-corrected chi connectivity index (χ2v) is 7.32. The number of aromatic nitrogens is 2. The molecule has 0 radical (unpaired) electrons. The summed E-state index contributed by atoms with van der Waals surface area (Å²) in [4.78, 5) is 0. The number of benzene rings is 2. The van der Waals surface area contributed by atoms with Crippen molar-refractivity contribution in [3.8, 4) is 0 Å². The molecule has 0 saturated carbocycles. The van der Waals surface area contributed by atoms with Gasteiger partial charge >= 0.3 is 0 Å². The molecule has 144 valence electrons. The first-order valence-corrected chi connectivity index (χ1v) is 9.94. The fraction of sp³-hybridized carbons (Fsp3) is 0.280. The number of para-hydroxylation sites is 2. The summed E-state index contributed by atoms with van der Waals surface area (Å²) in [5, 5.41) is 2.54. The molecular weight excluding hydrogens is 344 g/mol. The lowest BCUT2D eigenvalue weighted by molar-refractivity contribution is 0.188. The Morgan fingerprint density at radius 2 is 1.36 bits per heavy atom. The van der Waals surface area contributed by atoms with E-state index in [1.165, 1.54) is 44.3 Å². The van der Waals surface area contributed by atoms with Gasteiger partial charge in [0.05, 0.1) is 6.61 Å². The number of aryl methyl sites for hydroxylation is 1. The molecule has 4 aromatic rings. The van der Waals surface area contributed by atoms with Crippen LogP contribution in [0.2, 0.25) is 0 Å². The third kappa shape index (κ3) is 2.70. The highest BCUT2D eigenvalue weighted by molar-refractivity contribution is 6.05. The van der Waals surface area contributed by atoms with Crippen LogP contribution in [0.5, 0.6) is 0 Å². The minimum atomic E-state index is 0.694. The Kier molecular flexibility index (Phi) is 4.86. The van der Waals surface area contributed by atoms with Gasteiger partial charge in [0, 0.05) is 64.5 Å². The van der Waals surface area contributed by atoms with Gasteiger partial charge in [0.25, 0.3) is 0 Å². The number of fused-ring (bicyclic) bond motifs is 2. The molecule has 28 heavy (non-hydrogen) atoms. The highest BCUT2D eigenvalue weighted by atomic mass is 16.5. The normalized spacial score (nSPS) is 11.6. The molecule has 0 spiro atoms. The van der Waals surface area contributed by atoms with E-state index in [0.29, 0.717) is 6.61 Å². The highest BCUT2D eigenvalue weighted by Gasteiger charge is 2.21. The van der Waals surface area contributed by atoms with Crippen molar-refractivity contribution in [2.45, 2.75) is 33.9 Å². The van der Waals surface area contributed by atoms with Crippen molar-refractivity contribution in [3.63, 3.8) is 0 Å². The molecule has 2 aromatic carbocycles. The quantitative estimate of drug-likeness (QED) is 0.410. The summed E-state index contributed by atoms with van der Waals surface area (Å²) >= 11 is 0. The molecule has 3 heteroatoms. The molecule has 2 aromatic heterocycles. The smallest absolute Gasteiger partial charge is 0.0642 e. The summed E-state index contributed by atoms with van der Waals surface area (Å²) in [6.45, 7) is 13.7. The zero-order valence-corrected chi connectivity index (χ0v) is 17.2. The lowest BCUT2D eigenvalue weighted by Gasteiger charge is -2.11. The van der Waals surface area contributed by atoms with E-state index in [-0.39, 0.29) is 0 Å². The molecule has 3 nitrogen and oxygen atoms in total. The molecule has 2 heterocycles. The van der Waals surface area contributed by atoms with Gasteiger partial charge < -0.3 is 13.9 Å². The van der Waals surface area contributed by atoms with Gasteiger partial charge in [-0.15, -0.1) is 0 Å². The zero-order chi connectivity index (χ0) is 19.8. The highest BCUT2D eigenvalue weighted by Crippen LogP contribution is 2.39. The van der Waals surface area contributed by atoms with Crippen LogP contribution in [0.15, 0.2) is 55.1 Å². The average molecular weight is 373 g/mol. The Morgan fingerprint density at radius 3 is 1.89 bits per heavy atom.